The number of benzene rings is 6. The zero-order chi connectivity index (χ0) is 29.5. The summed E-state index contributed by atoms with van der Waals surface area (Å²) in [4.78, 5) is 15.4. The molecule has 4 aromatic heterocycles. The van der Waals surface area contributed by atoms with Crippen molar-refractivity contribution >= 4 is 75.4 Å². The monoisotopic (exact) mass is 595 g/mol. The normalized spacial score (nSPS) is 12.0. The quantitative estimate of drug-likeness (QED) is 0.203. The van der Waals surface area contributed by atoms with Gasteiger partial charge in [-0.05, 0) is 36.4 Å². The molecule has 0 aliphatic heterocycles. The molecule has 0 aliphatic rings. The van der Waals surface area contributed by atoms with Crippen LogP contribution in [0.1, 0.15) is 0 Å². The summed E-state index contributed by atoms with van der Waals surface area (Å²) in [6.07, 6.45) is 0. The Morgan fingerprint density at radius 1 is 0.378 bits per heavy atom. The van der Waals surface area contributed by atoms with E-state index in [4.69, 9.17) is 23.8 Å². The second-order valence-corrected chi connectivity index (χ2v) is 12.2. The number of thiophene rings is 1. The molecular weight excluding hydrogens is 575 g/mol. The first-order valence-electron chi connectivity index (χ1n) is 14.8. The second-order valence-electron chi connectivity index (χ2n) is 11.1. The number of fused-ring (bicyclic) bond motifs is 9. The van der Waals surface area contributed by atoms with Crippen LogP contribution in [0.15, 0.2) is 136 Å². The van der Waals surface area contributed by atoms with Gasteiger partial charge < -0.3 is 8.83 Å². The van der Waals surface area contributed by atoms with Crippen molar-refractivity contribution in [3.63, 3.8) is 0 Å². The topological polar surface area (TPSA) is 65.0 Å². The molecule has 45 heavy (non-hydrogen) atoms. The fraction of sp³-hybridized carbons (Fsp3) is 0. The molecule has 0 N–H and O–H groups in total. The van der Waals surface area contributed by atoms with Gasteiger partial charge in [0.05, 0.1) is 11.1 Å². The second kappa shape index (κ2) is 9.32. The molecule has 0 bridgehead atoms. The maximum Gasteiger partial charge on any atom is 0.167 e. The van der Waals surface area contributed by atoms with Crippen LogP contribution in [-0.4, -0.2) is 15.0 Å². The van der Waals surface area contributed by atoms with E-state index in [1.165, 1.54) is 15.5 Å². The summed E-state index contributed by atoms with van der Waals surface area (Å²) in [6.45, 7) is 0. The zero-order valence-corrected chi connectivity index (χ0v) is 24.5. The number of rotatable bonds is 3. The molecule has 210 valence electrons. The van der Waals surface area contributed by atoms with Crippen LogP contribution in [0.3, 0.4) is 0 Å². The number of hydrogen-bond acceptors (Lipinski definition) is 6. The van der Waals surface area contributed by atoms with Crippen molar-refractivity contribution in [2.24, 2.45) is 0 Å². The van der Waals surface area contributed by atoms with E-state index in [0.717, 1.165) is 65.3 Å². The Bertz CT molecular complexity index is 2470. The molecule has 6 aromatic carbocycles. The van der Waals surface area contributed by atoms with Gasteiger partial charge in [-0.15, -0.1) is 11.3 Å². The third-order valence-corrected chi connectivity index (χ3v) is 9.79. The van der Waals surface area contributed by atoms with E-state index in [-0.39, 0.29) is 0 Å². The van der Waals surface area contributed by atoms with Crippen LogP contribution in [-0.2, 0) is 0 Å². The molecule has 0 saturated carbocycles. The lowest BCUT2D eigenvalue weighted by molar-refractivity contribution is 0.669. The first-order chi connectivity index (χ1) is 22.3. The van der Waals surface area contributed by atoms with Crippen LogP contribution in [0.4, 0.5) is 0 Å². The third-order valence-electron chi connectivity index (χ3n) is 8.57. The molecule has 6 heteroatoms. The van der Waals surface area contributed by atoms with Crippen LogP contribution in [0, 0.1) is 0 Å². The van der Waals surface area contributed by atoms with Crippen molar-refractivity contribution in [2.75, 3.05) is 0 Å². The van der Waals surface area contributed by atoms with E-state index in [1.807, 2.05) is 60.7 Å². The maximum atomic E-state index is 6.43. The highest BCUT2D eigenvalue weighted by Crippen LogP contribution is 2.41. The molecule has 0 amide bonds. The van der Waals surface area contributed by atoms with Crippen molar-refractivity contribution in [1.82, 2.24) is 15.0 Å². The van der Waals surface area contributed by atoms with Crippen molar-refractivity contribution in [1.29, 1.82) is 0 Å². The largest absolute Gasteiger partial charge is 0.455 e. The first kappa shape index (κ1) is 24.6. The number of para-hydroxylation sites is 4. The summed E-state index contributed by atoms with van der Waals surface area (Å²) in [5.74, 6) is 1.70. The SMILES string of the molecule is c1ccc2c(c1)oc1c(-c3nc(-c4cccc5c4oc4ccccc45)nc(-c4cccc5c4sc4ccccc45)n3)cccc12. The average molecular weight is 596 g/mol. The molecule has 10 aromatic rings. The number of nitrogens with zero attached hydrogens (tertiary/aromatic N) is 3. The van der Waals surface area contributed by atoms with E-state index in [1.54, 1.807) is 11.3 Å². The van der Waals surface area contributed by atoms with Gasteiger partial charge in [-0.3, -0.25) is 0 Å². The minimum absolute atomic E-state index is 0.547. The van der Waals surface area contributed by atoms with Crippen LogP contribution in [0.5, 0.6) is 0 Å². The summed E-state index contributed by atoms with van der Waals surface area (Å²) in [5, 5.41) is 6.59. The first-order valence-corrected chi connectivity index (χ1v) is 15.6. The van der Waals surface area contributed by atoms with Crippen molar-refractivity contribution in [2.45, 2.75) is 0 Å². The van der Waals surface area contributed by atoms with E-state index in [9.17, 15) is 0 Å². The molecule has 0 unspecified atom stereocenters. The lowest BCUT2D eigenvalue weighted by Gasteiger charge is -2.10. The Hall–Kier alpha value is -5.85. The van der Waals surface area contributed by atoms with Gasteiger partial charge in [0, 0.05) is 47.3 Å². The van der Waals surface area contributed by atoms with Gasteiger partial charge in [-0.25, -0.2) is 15.0 Å². The highest BCUT2D eigenvalue weighted by atomic mass is 32.1. The number of hydrogen-bond donors (Lipinski definition) is 0. The van der Waals surface area contributed by atoms with Crippen LogP contribution in [0.2, 0.25) is 0 Å². The van der Waals surface area contributed by atoms with Gasteiger partial charge in [-0.1, -0.05) is 91.0 Å². The summed E-state index contributed by atoms with van der Waals surface area (Å²) < 4.78 is 15.2. The Kier molecular flexibility index (Phi) is 5.09. The van der Waals surface area contributed by atoms with E-state index in [2.05, 4.69) is 66.7 Å². The molecule has 0 saturated heterocycles. The fourth-order valence-corrected chi connectivity index (χ4v) is 7.72. The van der Waals surface area contributed by atoms with Gasteiger partial charge in [0.15, 0.2) is 17.5 Å². The van der Waals surface area contributed by atoms with Crippen molar-refractivity contribution < 1.29 is 8.83 Å². The molecule has 5 nitrogen and oxygen atoms in total. The van der Waals surface area contributed by atoms with Gasteiger partial charge in [0.25, 0.3) is 0 Å². The maximum absolute atomic E-state index is 6.43. The lowest BCUT2D eigenvalue weighted by Crippen LogP contribution is -2.00. The standard InChI is InChI=1S/C39H21N3O2S/c1-4-19-31-22(10-1)25-13-7-16-28(34(25)43-31)37-40-38(29-17-8-14-26-23-11-2-5-20-32(23)44-35(26)29)42-39(41-37)30-18-9-15-27-24-12-3-6-21-33(24)45-36(27)30/h1-21H. The lowest BCUT2D eigenvalue weighted by atomic mass is 10.1. The Morgan fingerprint density at radius 2 is 0.822 bits per heavy atom. The van der Waals surface area contributed by atoms with Crippen LogP contribution in [0.25, 0.3) is 98.2 Å². The predicted octanol–water partition coefficient (Wildman–Crippen LogP) is 11.0. The highest BCUT2D eigenvalue weighted by Gasteiger charge is 2.21. The highest BCUT2D eigenvalue weighted by molar-refractivity contribution is 7.26. The molecular formula is C39H21N3O2S. The van der Waals surface area contributed by atoms with Crippen LogP contribution < -0.4 is 0 Å². The molecule has 0 spiro atoms. The van der Waals surface area contributed by atoms with Crippen molar-refractivity contribution in [3.8, 4) is 34.2 Å². The van der Waals surface area contributed by atoms with E-state index >= 15 is 0 Å². The summed E-state index contributed by atoms with van der Waals surface area (Å²) in [5.41, 5.74) is 5.76. The summed E-state index contributed by atoms with van der Waals surface area (Å²) >= 11 is 1.76. The molecule has 0 radical (unpaired) electrons. The van der Waals surface area contributed by atoms with Crippen molar-refractivity contribution in [3.05, 3.63) is 127 Å². The molecule has 4 heterocycles. The molecule has 0 fully saturated rings. The smallest absolute Gasteiger partial charge is 0.167 e. The Morgan fingerprint density at radius 3 is 1.42 bits per heavy atom. The minimum Gasteiger partial charge on any atom is -0.455 e. The van der Waals surface area contributed by atoms with Gasteiger partial charge in [0.1, 0.15) is 22.3 Å². The average Bonchev–Trinajstić information content (AvgIpc) is 3.79. The van der Waals surface area contributed by atoms with Gasteiger partial charge >= 0.3 is 0 Å². The summed E-state index contributed by atoms with van der Waals surface area (Å²) in [6, 6.07) is 43.3. The minimum atomic E-state index is 0.547. The molecule has 0 aliphatic carbocycles. The zero-order valence-electron chi connectivity index (χ0n) is 23.7. The fourth-order valence-electron chi connectivity index (χ4n) is 6.51. The third kappa shape index (κ3) is 3.63. The number of aromatic nitrogens is 3. The predicted molar refractivity (Wildman–Crippen MR) is 184 cm³/mol. The molecule has 0 atom stereocenters. The summed E-state index contributed by atoms with van der Waals surface area (Å²) in [7, 11) is 0. The van der Waals surface area contributed by atoms with E-state index in [0.29, 0.717) is 17.5 Å². The van der Waals surface area contributed by atoms with Crippen LogP contribution >= 0.6 is 11.3 Å². The molecule has 10 rings (SSSR count). The van der Waals surface area contributed by atoms with Gasteiger partial charge in [-0.2, -0.15) is 0 Å². The number of furan rings is 2. The Labute approximate surface area is 260 Å². The van der Waals surface area contributed by atoms with Gasteiger partial charge in [0.2, 0.25) is 0 Å². The Balaban J connectivity index is 1.29. The van der Waals surface area contributed by atoms with E-state index < -0.39 is 0 Å².